The summed E-state index contributed by atoms with van der Waals surface area (Å²) < 4.78 is 5.39. The molecule has 5 rings (SSSR count). The molecule has 1 saturated heterocycles. The molecular formula is C24H25N5O2S. The molecule has 3 aromatic heterocycles. The van der Waals surface area contributed by atoms with Gasteiger partial charge in [0.2, 0.25) is 0 Å². The highest BCUT2D eigenvalue weighted by atomic mass is 32.1. The summed E-state index contributed by atoms with van der Waals surface area (Å²) in [5.41, 5.74) is 2.21. The first-order valence-corrected chi connectivity index (χ1v) is 11.6. The van der Waals surface area contributed by atoms with E-state index < -0.39 is 0 Å². The minimum Gasteiger partial charge on any atom is -0.467 e. The summed E-state index contributed by atoms with van der Waals surface area (Å²) in [5.74, 6) is 1.51. The maximum Gasteiger partial charge on any atom is 0.261 e. The lowest BCUT2D eigenvalue weighted by atomic mass is 10.2. The molecule has 2 N–H and O–H groups in total. The molecule has 32 heavy (non-hydrogen) atoms. The first-order valence-electron chi connectivity index (χ1n) is 10.7. The van der Waals surface area contributed by atoms with Crippen molar-refractivity contribution in [1.82, 2.24) is 20.2 Å². The molecule has 1 fully saturated rings. The number of nitrogens with zero attached hydrogens (tertiary/aromatic N) is 3. The quantitative estimate of drug-likeness (QED) is 0.442. The van der Waals surface area contributed by atoms with Crippen molar-refractivity contribution >= 4 is 33.3 Å². The number of nitrogens with one attached hydrogen (secondary N) is 2. The van der Waals surface area contributed by atoms with Gasteiger partial charge in [-0.1, -0.05) is 30.3 Å². The summed E-state index contributed by atoms with van der Waals surface area (Å²) in [6.45, 7) is 5.24. The summed E-state index contributed by atoms with van der Waals surface area (Å²) >= 11 is 1.42. The Labute approximate surface area is 190 Å². The minimum atomic E-state index is -0.0333. The number of likely N-dealkylation sites (tertiary alicyclic amines) is 1. The van der Waals surface area contributed by atoms with Crippen molar-refractivity contribution in [3.8, 4) is 0 Å². The Morgan fingerprint density at radius 1 is 1.22 bits per heavy atom. The smallest absolute Gasteiger partial charge is 0.261 e. The molecule has 4 heterocycles. The number of carbonyl (C=O) groups is 1. The summed E-state index contributed by atoms with van der Waals surface area (Å²) in [5, 5.41) is 7.44. The molecule has 0 saturated carbocycles. The number of thiophene rings is 1. The molecule has 0 bridgehead atoms. The predicted octanol–water partition coefficient (Wildman–Crippen LogP) is 4.21. The molecule has 1 atom stereocenters. The highest BCUT2D eigenvalue weighted by Crippen LogP contribution is 2.33. The van der Waals surface area contributed by atoms with Gasteiger partial charge in [-0.25, -0.2) is 9.97 Å². The number of carbonyl (C=O) groups excluding carboxylic acids is 1. The van der Waals surface area contributed by atoms with Gasteiger partial charge in [0.25, 0.3) is 5.91 Å². The zero-order valence-electron chi connectivity index (χ0n) is 17.9. The second kappa shape index (κ2) is 9.10. The van der Waals surface area contributed by atoms with E-state index in [4.69, 9.17) is 4.42 Å². The summed E-state index contributed by atoms with van der Waals surface area (Å²) in [6.07, 6.45) is 4.13. The first-order chi connectivity index (χ1) is 15.7. The predicted molar refractivity (Wildman–Crippen MR) is 126 cm³/mol. The molecule has 164 valence electrons. The first kappa shape index (κ1) is 20.7. The maximum absolute atomic E-state index is 13.1. The third-order valence-corrected chi connectivity index (χ3v) is 7.00. The van der Waals surface area contributed by atoms with Crippen molar-refractivity contribution in [2.45, 2.75) is 32.5 Å². The second-order valence-corrected chi connectivity index (χ2v) is 9.07. The third-order valence-electron chi connectivity index (χ3n) is 5.80. The van der Waals surface area contributed by atoms with Crippen LogP contribution in [0.15, 0.2) is 59.5 Å². The van der Waals surface area contributed by atoms with E-state index in [9.17, 15) is 4.79 Å². The molecule has 1 amide bonds. The van der Waals surface area contributed by atoms with Crippen LogP contribution in [0.2, 0.25) is 0 Å². The Bertz CT molecular complexity index is 1210. The molecule has 0 aliphatic carbocycles. The number of amides is 1. The van der Waals surface area contributed by atoms with Crippen LogP contribution in [-0.2, 0) is 13.1 Å². The topological polar surface area (TPSA) is 83.3 Å². The van der Waals surface area contributed by atoms with E-state index in [1.54, 1.807) is 6.26 Å². The van der Waals surface area contributed by atoms with Gasteiger partial charge < -0.3 is 15.1 Å². The zero-order valence-corrected chi connectivity index (χ0v) is 18.7. The van der Waals surface area contributed by atoms with E-state index in [0.29, 0.717) is 17.2 Å². The number of anilines is 1. The minimum absolute atomic E-state index is 0.0333. The van der Waals surface area contributed by atoms with Crippen molar-refractivity contribution in [2.75, 3.05) is 18.4 Å². The van der Waals surface area contributed by atoms with Gasteiger partial charge in [-0.15, -0.1) is 11.3 Å². The van der Waals surface area contributed by atoms with Crippen LogP contribution in [0.3, 0.4) is 0 Å². The lowest BCUT2D eigenvalue weighted by Crippen LogP contribution is -2.36. The van der Waals surface area contributed by atoms with Crippen molar-refractivity contribution in [2.24, 2.45) is 0 Å². The van der Waals surface area contributed by atoms with Crippen molar-refractivity contribution < 1.29 is 9.21 Å². The normalized spacial score (nSPS) is 16.5. The van der Waals surface area contributed by atoms with Crippen LogP contribution in [0.1, 0.15) is 33.0 Å². The Morgan fingerprint density at radius 3 is 2.91 bits per heavy atom. The molecule has 1 unspecified atom stereocenters. The number of benzene rings is 1. The molecule has 1 aromatic carbocycles. The molecule has 1 aliphatic heterocycles. The average Bonchev–Trinajstić information content (AvgIpc) is 3.54. The lowest BCUT2D eigenvalue weighted by molar-refractivity contribution is 0.0941. The van der Waals surface area contributed by atoms with Crippen molar-refractivity contribution in [3.63, 3.8) is 0 Å². The molecule has 7 nitrogen and oxygen atoms in total. The van der Waals surface area contributed by atoms with Gasteiger partial charge in [0, 0.05) is 25.7 Å². The maximum atomic E-state index is 13.1. The van der Waals surface area contributed by atoms with E-state index in [-0.39, 0.29) is 11.9 Å². The van der Waals surface area contributed by atoms with Crippen LogP contribution in [0, 0.1) is 6.92 Å². The fourth-order valence-electron chi connectivity index (χ4n) is 4.19. The van der Waals surface area contributed by atoms with Crippen LogP contribution in [0.25, 0.3) is 10.2 Å². The Hall–Kier alpha value is -3.23. The summed E-state index contributed by atoms with van der Waals surface area (Å²) in [7, 11) is 0. The monoisotopic (exact) mass is 447 g/mol. The Balaban J connectivity index is 1.27. The number of fused-ring (bicyclic) bond motifs is 1. The molecule has 8 heteroatoms. The number of furan rings is 1. The van der Waals surface area contributed by atoms with Crippen LogP contribution in [0.4, 0.5) is 5.82 Å². The largest absolute Gasteiger partial charge is 0.467 e. The fraction of sp³-hybridized carbons (Fsp3) is 0.292. The third kappa shape index (κ3) is 4.37. The van der Waals surface area contributed by atoms with Gasteiger partial charge in [-0.05, 0) is 36.6 Å². The van der Waals surface area contributed by atoms with E-state index in [1.807, 2.05) is 25.1 Å². The molecule has 1 aliphatic rings. The van der Waals surface area contributed by atoms with E-state index in [2.05, 4.69) is 49.8 Å². The number of aromatic nitrogens is 2. The fourth-order valence-corrected chi connectivity index (χ4v) is 5.24. The standard InChI is InChI=1S/C24H25N5O2S/c1-16-20-22(25-12-19-8-5-11-31-19)26-15-27-24(20)32-21(16)23(30)28-18-9-10-29(14-18)13-17-6-3-2-4-7-17/h2-8,11,15,18H,9-10,12-14H2,1H3,(H,28,30)(H,25,26,27). The SMILES string of the molecule is Cc1c(C(=O)NC2CCN(Cc3ccccc3)C2)sc2ncnc(NCc3ccco3)c12. The number of rotatable bonds is 7. The molecule has 4 aromatic rings. The highest BCUT2D eigenvalue weighted by molar-refractivity contribution is 7.20. The zero-order chi connectivity index (χ0) is 21.9. The van der Waals surface area contributed by atoms with Gasteiger partial charge in [0.1, 0.15) is 22.7 Å². The Kier molecular flexibility index (Phi) is 5.87. The van der Waals surface area contributed by atoms with Crippen LogP contribution < -0.4 is 10.6 Å². The van der Waals surface area contributed by atoms with Gasteiger partial charge in [-0.2, -0.15) is 0 Å². The van der Waals surface area contributed by atoms with Gasteiger partial charge >= 0.3 is 0 Å². The van der Waals surface area contributed by atoms with E-state index in [1.165, 1.54) is 23.2 Å². The average molecular weight is 448 g/mol. The van der Waals surface area contributed by atoms with Crippen LogP contribution >= 0.6 is 11.3 Å². The molecular weight excluding hydrogens is 422 g/mol. The summed E-state index contributed by atoms with van der Waals surface area (Å²) in [4.78, 5) is 25.8. The number of hydrogen-bond acceptors (Lipinski definition) is 7. The number of hydrogen-bond donors (Lipinski definition) is 2. The number of aryl methyl sites for hydroxylation is 1. The van der Waals surface area contributed by atoms with Crippen molar-refractivity contribution in [3.05, 3.63) is 76.8 Å². The summed E-state index contributed by atoms with van der Waals surface area (Å²) in [6, 6.07) is 14.4. The van der Waals surface area contributed by atoms with Crippen LogP contribution in [-0.4, -0.2) is 39.9 Å². The second-order valence-electron chi connectivity index (χ2n) is 8.07. The van der Waals surface area contributed by atoms with Gasteiger partial charge in [-0.3, -0.25) is 9.69 Å². The van der Waals surface area contributed by atoms with Gasteiger partial charge in [0.15, 0.2) is 0 Å². The lowest BCUT2D eigenvalue weighted by Gasteiger charge is -2.16. The molecule has 0 spiro atoms. The highest BCUT2D eigenvalue weighted by Gasteiger charge is 2.26. The Morgan fingerprint density at radius 2 is 2.09 bits per heavy atom. The van der Waals surface area contributed by atoms with Crippen LogP contribution in [0.5, 0.6) is 0 Å². The van der Waals surface area contributed by atoms with Gasteiger partial charge in [0.05, 0.1) is 23.1 Å². The van der Waals surface area contributed by atoms with E-state index in [0.717, 1.165) is 47.6 Å². The van der Waals surface area contributed by atoms with Crippen molar-refractivity contribution in [1.29, 1.82) is 0 Å². The van der Waals surface area contributed by atoms with E-state index >= 15 is 0 Å². The molecule has 0 radical (unpaired) electrons.